The smallest absolute Gasteiger partial charge is 0.409 e. The highest BCUT2D eigenvalue weighted by Gasteiger charge is 2.19. The zero-order chi connectivity index (χ0) is 14.1. The number of alkyl carbamates (subject to hydrolysis) is 1. The summed E-state index contributed by atoms with van der Waals surface area (Å²) in [5.74, 6) is 0. The second-order valence-electron chi connectivity index (χ2n) is 4.16. The highest BCUT2D eigenvalue weighted by molar-refractivity contribution is 5.68. The molecule has 0 aromatic carbocycles. The van der Waals surface area contributed by atoms with Crippen molar-refractivity contribution in [3.63, 3.8) is 0 Å². The average Bonchev–Trinajstić information content (AvgIpc) is 2.28. The van der Waals surface area contributed by atoms with Crippen molar-refractivity contribution in [2.75, 3.05) is 20.3 Å². The molecule has 1 N–H and O–H groups in total. The molecule has 106 valence electrons. The first-order valence-electron chi connectivity index (χ1n) is 6.25. The fourth-order valence-corrected chi connectivity index (χ4v) is 1.51. The van der Waals surface area contributed by atoms with Crippen LogP contribution < -0.4 is 5.32 Å². The molecule has 0 heterocycles. The molecule has 6 nitrogen and oxygen atoms in total. The van der Waals surface area contributed by atoms with Gasteiger partial charge in [-0.3, -0.25) is 0 Å². The topological polar surface area (TPSA) is 67.9 Å². The zero-order valence-corrected chi connectivity index (χ0v) is 11.9. The maximum Gasteiger partial charge on any atom is 0.409 e. The number of ether oxygens (including phenoxy) is 2. The Balaban J connectivity index is 4.09. The van der Waals surface area contributed by atoms with Crippen LogP contribution in [-0.4, -0.2) is 49.4 Å². The van der Waals surface area contributed by atoms with E-state index in [1.807, 2.05) is 13.8 Å². The van der Waals surface area contributed by atoms with E-state index >= 15 is 0 Å². The van der Waals surface area contributed by atoms with Gasteiger partial charge in [-0.15, -0.1) is 0 Å². The molecule has 6 heteroatoms. The number of amides is 2. The molecule has 0 aliphatic carbocycles. The third-order valence-electron chi connectivity index (χ3n) is 2.55. The summed E-state index contributed by atoms with van der Waals surface area (Å²) in [5.41, 5.74) is 0. The maximum absolute atomic E-state index is 11.5. The Labute approximate surface area is 109 Å². The zero-order valence-electron chi connectivity index (χ0n) is 11.9. The van der Waals surface area contributed by atoms with Gasteiger partial charge in [-0.05, 0) is 34.1 Å². The van der Waals surface area contributed by atoms with Gasteiger partial charge in [0, 0.05) is 19.1 Å². The second-order valence-corrected chi connectivity index (χ2v) is 4.16. The molecule has 2 unspecified atom stereocenters. The number of rotatable bonds is 6. The predicted octanol–water partition coefficient (Wildman–Crippen LogP) is 1.99. The number of carbonyl (C=O) groups is 2. The van der Waals surface area contributed by atoms with Crippen LogP contribution in [-0.2, 0) is 9.47 Å². The number of hydrogen-bond donors (Lipinski definition) is 1. The molecule has 0 aromatic rings. The molecule has 0 saturated heterocycles. The third-order valence-corrected chi connectivity index (χ3v) is 2.55. The minimum atomic E-state index is -0.434. The lowest BCUT2D eigenvalue weighted by Gasteiger charge is -2.26. The van der Waals surface area contributed by atoms with Gasteiger partial charge in [0.2, 0.25) is 0 Å². The average molecular weight is 260 g/mol. The largest absolute Gasteiger partial charge is 0.450 e. The van der Waals surface area contributed by atoms with Crippen LogP contribution in [0.4, 0.5) is 9.59 Å². The second kappa shape index (κ2) is 8.60. The minimum absolute atomic E-state index is 0.0269. The number of nitrogens with one attached hydrogen (secondary N) is 1. The molecule has 2 atom stereocenters. The van der Waals surface area contributed by atoms with Gasteiger partial charge >= 0.3 is 12.2 Å². The molecule has 0 rings (SSSR count). The van der Waals surface area contributed by atoms with Crippen molar-refractivity contribution in [2.24, 2.45) is 0 Å². The molecule has 0 fully saturated rings. The Kier molecular flexibility index (Phi) is 7.91. The van der Waals surface area contributed by atoms with E-state index in [-0.39, 0.29) is 18.2 Å². The Bertz CT molecular complexity index is 271. The van der Waals surface area contributed by atoms with E-state index in [9.17, 15) is 9.59 Å². The highest BCUT2D eigenvalue weighted by Crippen LogP contribution is 2.06. The Hall–Kier alpha value is -1.46. The molecular weight excluding hydrogens is 236 g/mol. The monoisotopic (exact) mass is 260 g/mol. The lowest BCUT2D eigenvalue weighted by atomic mass is 10.1. The summed E-state index contributed by atoms with van der Waals surface area (Å²) in [6.07, 6.45) is -0.155. The lowest BCUT2D eigenvalue weighted by molar-refractivity contribution is 0.100. The molecule has 0 aliphatic heterocycles. The molecule has 0 aliphatic rings. The van der Waals surface area contributed by atoms with Gasteiger partial charge in [0.05, 0.1) is 13.2 Å². The van der Waals surface area contributed by atoms with E-state index in [4.69, 9.17) is 9.47 Å². The first-order valence-corrected chi connectivity index (χ1v) is 6.25. The summed E-state index contributed by atoms with van der Waals surface area (Å²) in [6.45, 7) is 7.98. The summed E-state index contributed by atoms with van der Waals surface area (Å²) in [7, 11) is 1.68. The Morgan fingerprint density at radius 2 is 1.72 bits per heavy atom. The van der Waals surface area contributed by atoms with Gasteiger partial charge in [0.15, 0.2) is 0 Å². The van der Waals surface area contributed by atoms with E-state index in [1.165, 1.54) is 4.90 Å². The van der Waals surface area contributed by atoms with Gasteiger partial charge in [-0.1, -0.05) is 0 Å². The molecule has 0 saturated carbocycles. The van der Waals surface area contributed by atoms with E-state index in [2.05, 4.69) is 5.32 Å². The first-order chi connectivity index (χ1) is 8.42. The van der Waals surface area contributed by atoms with E-state index < -0.39 is 6.09 Å². The van der Waals surface area contributed by atoms with Crippen molar-refractivity contribution >= 4 is 12.2 Å². The van der Waals surface area contributed by atoms with Crippen LogP contribution in [0.15, 0.2) is 0 Å². The predicted molar refractivity (Wildman–Crippen MR) is 68.5 cm³/mol. The van der Waals surface area contributed by atoms with Crippen LogP contribution in [0.3, 0.4) is 0 Å². The van der Waals surface area contributed by atoms with Crippen LogP contribution in [0.25, 0.3) is 0 Å². The Morgan fingerprint density at radius 1 is 1.17 bits per heavy atom. The van der Waals surface area contributed by atoms with Crippen LogP contribution in [0.5, 0.6) is 0 Å². The highest BCUT2D eigenvalue weighted by atomic mass is 16.6. The molecular formula is C12H24N2O4. The summed E-state index contributed by atoms with van der Waals surface area (Å²) in [6, 6.07) is -0.100. The summed E-state index contributed by atoms with van der Waals surface area (Å²) >= 11 is 0. The molecule has 0 spiro atoms. The SMILES string of the molecule is CCOC(=O)NC(C)CC(C)N(C)C(=O)OCC. The third kappa shape index (κ3) is 6.32. The van der Waals surface area contributed by atoms with Gasteiger partial charge < -0.3 is 19.7 Å². The lowest BCUT2D eigenvalue weighted by Crippen LogP contribution is -2.41. The molecule has 0 bridgehead atoms. The quantitative estimate of drug-likeness (QED) is 0.793. The van der Waals surface area contributed by atoms with Crippen LogP contribution in [0.2, 0.25) is 0 Å². The van der Waals surface area contributed by atoms with Crippen LogP contribution in [0.1, 0.15) is 34.1 Å². The standard InChI is InChI=1S/C12H24N2O4/c1-6-17-11(15)13-9(3)8-10(4)14(5)12(16)18-7-2/h9-10H,6-8H2,1-5H3,(H,13,15). The fourth-order valence-electron chi connectivity index (χ4n) is 1.51. The fraction of sp³-hybridized carbons (Fsp3) is 0.833. The van der Waals surface area contributed by atoms with Crippen LogP contribution in [0, 0.1) is 0 Å². The van der Waals surface area contributed by atoms with Gasteiger partial charge in [-0.2, -0.15) is 0 Å². The number of carbonyl (C=O) groups excluding carboxylic acids is 2. The van der Waals surface area contributed by atoms with Gasteiger partial charge in [-0.25, -0.2) is 9.59 Å². The van der Waals surface area contributed by atoms with Crippen molar-refractivity contribution in [3.8, 4) is 0 Å². The van der Waals surface area contributed by atoms with Crippen molar-refractivity contribution in [1.82, 2.24) is 10.2 Å². The van der Waals surface area contributed by atoms with Crippen molar-refractivity contribution < 1.29 is 19.1 Å². The summed E-state index contributed by atoms with van der Waals surface area (Å²) in [4.78, 5) is 24.2. The van der Waals surface area contributed by atoms with Gasteiger partial charge in [0.1, 0.15) is 0 Å². The van der Waals surface area contributed by atoms with Crippen LogP contribution >= 0.6 is 0 Å². The number of nitrogens with zero attached hydrogens (tertiary/aromatic N) is 1. The molecule has 2 amide bonds. The molecule has 18 heavy (non-hydrogen) atoms. The van der Waals surface area contributed by atoms with Gasteiger partial charge in [0.25, 0.3) is 0 Å². The Morgan fingerprint density at radius 3 is 2.22 bits per heavy atom. The normalized spacial score (nSPS) is 13.4. The summed E-state index contributed by atoms with van der Waals surface area (Å²) < 4.78 is 9.69. The maximum atomic E-state index is 11.5. The first kappa shape index (κ1) is 16.5. The minimum Gasteiger partial charge on any atom is -0.450 e. The van der Waals surface area contributed by atoms with Crippen molar-refractivity contribution in [3.05, 3.63) is 0 Å². The van der Waals surface area contributed by atoms with Crippen molar-refractivity contribution in [1.29, 1.82) is 0 Å². The van der Waals surface area contributed by atoms with Crippen molar-refractivity contribution in [2.45, 2.75) is 46.2 Å². The van der Waals surface area contributed by atoms with E-state index in [0.717, 1.165) is 0 Å². The van der Waals surface area contributed by atoms with E-state index in [1.54, 1.807) is 20.9 Å². The summed E-state index contributed by atoms with van der Waals surface area (Å²) in [5, 5.41) is 2.70. The molecule has 0 aromatic heterocycles. The van der Waals surface area contributed by atoms with E-state index in [0.29, 0.717) is 19.6 Å². The molecule has 0 radical (unpaired) electrons. The number of hydrogen-bond acceptors (Lipinski definition) is 4.